The standard InChI is InChI=1S/C18H34O6Si/c1-7-16(2)18(14(19)20,24-17(23-16)10-8-9-11-17)15(21-3)22-12-13-25(4,5)6/h15H,7-13H2,1-6H3,(H,19,20). The lowest BCUT2D eigenvalue weighted by Gasteiger charge is -2.40. The number of rotatable bonds is 8. The van der Waals surface area contributed by atoms with Gasteiger partial charge in [0.15, 0.2) is 5.79 Å². The molecule has 0 radical (unpaired) electrons. The van der Waals surface area contributed by atoms with Gasteiger partial charge in [-0.3, -0.25) is 0 Å². The number of hydrogen-bond acceptors (Lipinski definition) is 5. The van der Waals surface area contributed by atoms with Crippen molar-refractivity contribution in [3.63, 3.8) is 0 Å². The summed E-state index contributed by atoms with van der Waals surface area (Å²) in [4.78, 5) is 12.4. The van der Waals surface area contributed by atoms with E-state index in [0.717, 1.165) is 18.9 Å². The van der Waals surface area contributed by atoms with Gasteiger partial charge in [0.1, 0.15) is 5.60 Å². The maximum absolute atomic E-state index is 12.4. The first kappa shape index (κ1) is 20.8. The SMILES string of the molecule is CCC1(C)OC2(CCCC2)OC1(C(=O)O)C(OC)OCC[Si](C)(C)C. The largest absolute Gasteiger partial charge is 0.479 e. The molecule has 6 nitrogen and oxygen atoms in total. The average molecular weight is 375 g/mol. The van der Waals surface area contributed by atoms with Crippen LogP contribution in [-0.4, -0.2) is 56.1 Å². The summed E-state index contributed by atoms with van der Waals surface area (Å²) < 4.78 is 24.0. The summed E-state index contributed by atoms with van der Waals surface area (Å²) in [5.74, 6) is -1.91. The van der Waals surface area contributed by atoms with Crippen LogP contribution in [0.3, 0.4) is 0 Å². The lowest BCUT2D eigenvalue weighted by molar-refractivity contribution is -0.265. The van der Waals surface area contributed by atoms with Gasteiger partial charge in [0.2, 0.25) is 11.9 Å². The van der Waals surface area contributed by atoms with Crippen molar-refractivity contribution < 1.29 is 28.8 Å². The second-order valence-electron chi connectivity index (χ2n) is 8.70. The number of ether oxygens (including phenoxy) is 4. The van der Waals surface area contributed by atoms with Gasteiger partial charge < -0.3 is 24.1 Å². The van der Waals surface area contributed by atoms with E-state index < -0.39 is 37.3 Å². The van der Waals surface area contributed by atoms with E-state index in [1.54, 1.807) is 0 Å². The fourth-order valence-electron chi connectivity index (χ4n) is 3.85. The number of carboxylic acid groups (broad SMARTS) is 1. The Morgan fingerprint density at radius 3 is 2.28 bits per heavy atom. The van der Waals surface area contributed by atoms with Crippen molar-refractivity contribution in [3.8, 4) is 0 Å². The Balaban J connectivity index is 2.32. The zero-order valence-electron chi connectivity index (χ0n) is 16.5. The van der Waals surface area contributed by atoms with E-state index in [1.165, 1.54) is 7.11 Å². The first-order valence-electron chi connectivity index (χ1n) is 9.32. The van der Waals surface area contributed by atoms with E-state index in [9.17, 15) is 9.90 Å². The Labute approximate surface area is 152 Å². The first-order valence-corrected chi connectivity index (χ1v) is 13.0. The molecule has 1 saturated carbocycles. The summed E-state index contributed by atoms with van der Waals surface area (Å²) in [5.41, 5.74) is -2.68. The molecule has 1 N–H and O–H groups in total. The topological polar surface area (TPSA) is 74.2 Å². The van der Waals surface area contributed by atoms with Crippen LogP contribution in [0.2, 0.25) is 25.7 Å². The van der Waals surface area contributed by atoms with Crippen LogP contribution in [0.15, 0.2) is 0 Å². The van der Waals surface area contributed by atoms with Crippen LogP contribution in [0.1, 0.15) is 46.0 Å². The predicted molar refractivity (Wildman–Crippen MR) is 97.3 cm³/mol. The summed E-state index contributed by atoms with van der Waals surface area (Å²) in [5, 5.41) is 10.2. The summed E-state index contributed by atoms with van der Waals surface area (Å²) in [6.07, 6.45) is 2.86. The smallest absolute Gasteiger partial charge is 0.344 e. The van der Waals surface area contributed by atoms with Crippen molar-refractivity contribution in [2.45, 2.75) is 94.9 Å². The molecule has 3 unspecified atom stereocenters. The van der Waals surface area contributed by atoms with Gasteiger partial charge in [0, 0.05) is 34.6 Å². The molecule has 0 aromatic rings. The van der Waals surface area contributed by atoms with Gasteiger partial charge in [-0.25, -0.2) is 4.79 Å². The Hall–Kier alpha value is -0.473. The minimum absolute atomic E-state index is 0.458. The third-order valence-electron chi connectivity index (χ3n) is 5.57. The highest BCUT2D eigenvalue weighted by atomic mass is 28.3. The first-order chi connectivity index (χ1) is 11.5. The maximum atomic E-state index is 12.4. The molecule has 2 fully saturated rings. The number of methoxy groups -OCH3 is 1. The molecular formula is C18H34O6Si. The van der Waals surface area contributed by atoms with E-state index in [2.05, 4.69) is 19.6 Å². The summed E-state index contributed by atoms with van der Waals surface area (Å²) in [6, 6.07) is 0.928. The second-order valence-corrected chi connectivity index (χ2v) is 14.3. The molecule has 0 amide bonds. The summed E-state index contributed by atoms with van der Waals surface area (Å²) >= 11 is 0. The molecule has 7 heteroatoms. The van der Waals surface area contributed by atoms with Gasteiger partial charge in [-0.15, -0.1) is 0 Å². The Morgan fingerprint density at radius 2 is 1.84 bits per heavy atom. The zero-order valence-corrected chi connectivity index (χ0v) is 17.5. The minimum Gasteiger partial charge on any atom is -0.479 e. The minimum atomic E-state index is -1.67. The highest BCUT2D eigenvalue weighted by Gasteiger charge is 2.72. The Kier molecular flexibility index (Phi) is 6.06. The van der Waals surface area contributed by atoms with Crippen molar-refractivity contribution in [1.82, 2.24) is 0 Å². The van der Waals surface area contributed by atoms with Gasteiger partial charge in [0.05, 0.1) is 0 Å². The van der Waals surface area contributed by atoms with Crippen molar-refractivity contribution in [1.29, 1.82) is 0 Å². The molecule has 25 heavy (non-hydrogen) atoms. The van der Waals surface area contributed by atoms with Crippen LogP contribution in [0.5, 0.6) is 0 Å². The molecule has 1 aliphatic heterocycles. The predicted octanol–water partition coefficient (Wildman–Crippen LogP) is 3.62. The monoisotopic (exact) mass is 374 g/mol. The van der Waals surface area contributed by atoms with Crippen LogP contribution < -0.4 is 0 Å². The van der Waals surface area contributed by atoms with Crippen LogP contribution >= 0.6 is 0 Å². The molecule has 1 saturated heterocycles. The van der Waals surface area contributed by atoms with E-state index >= 15 is 0 Å². The number of carboxylic acids is 1. The molecule has 3 atom stereocenters. The van der Waals surface area contributed by atoms with Crippen molar-refractivity contribution in [2.75, 3.05) is 13.7 Å². The van der Waals surface area contributed by atoms with Gasteiger partial charge in [-0.2, -0.15) is 0 Å². The molecule has 0 aromatic carbocycles. The van der Waals surface area contributed by atoms with Gasteiger partial charge >= 0.3 is 5.97 Å². The summed E-state index contributed by atoms with van der Waals surface area (Å²) in [6.45, 7) is 10.9. The van der Waals surface area contributed by atoms with Gasteiger partial charge in [-0.1, -0.05) is 26.6 Å². The fourth-order valence-corrected chi connectivity index (χ4v) is 4.58. The number of carbonyl (C=O) groups is 1. The van der Waals surface area contributed by atoms with Crippen LogP contribution in [0, 0.1) is 0 Å². The van der Waals surface area contributed by atoms with Crippen LogP contribution in [0.25, 0.3) is 0 Å². The van der Waals surface area contributed by atoms with Crippen molar-refractivity contribution >= 4 is 14.0 Å². The third-order valence-corrected chi connectivity index (χ3v) is 7.27. The average Bonchev–Trinajstić information content (AvgIpc) is 3.06. The van der Waals surface area contributed by atoms with Crippen molar-refractivity contribution in [3.05, 3.63) is 0 Å². The van der Waals surface area contributed by atoms with E-state index in [1.807, 2.05) is 13.8 Å². The summed E-state index contributed by atoms with van der Waals surface area (Å²) in [7, 11) is 0.171. The molecule has 1 aliphatic carbocycles. The van der Waals surface area contributed by atoms with E-state index in [-0.39, 0.29) is 0 Å². The molecular weight excluding hydrogens is 340 g/mol. The Bertz CT molecular complexity index is 484. The molecule has 0 aromatic heterocycles. The molecule has 1 spiro atoms. The molecule has 2 rings (SSSR count). The normalized spacial score (nSPS) is 33.0. The van der Waals surface area contributed by atoms with Crippen LogP contribution in [0.4, 0.5) is 0 Å². The highest BCUT2D eigenvalue weighted by Crippen LogP contribution is 2.54. The highest BCUT2D eigenvalue weighted by molar-refractivity contribution is 6.76. The zero-order chi connectivity index (χ0) is 18.9. The molecule has 0 bridgehead atoms. The third kappa shape index (κ3) is 3.81. The van der Waals surface area contributed by atoms with Crippen LogP contribution in [-0.2, 0) is 23.7 Å². The lowest BCUT2D eigenvalue weighted by atomic mass is 9.81. The quantitative estimate of drug-likeness (QED) is 0.517. The van der Waals surface area contributed by atoms with Crippen molar-refractivity contribution in [2.24, 2.45) is 0 Å². The maximum Gasteiger partial charge on any atom is 0.344 e. The number of aliphatic carboxylic acids is 1. The Morgan fingerprint density at radius 1 is 1.24 bits per heavy atom. The fraction of sp³-hybridized carbons (Fsp3) is 0.944. The van der Waals surface area contributed by atoms with E-state index in [4.69, 9.17) is 18.9 Å². The van der Waals surface area contributed by atoms with E-state index in [0.29, 0.717) is 25.9 Å². The molecule has 146 valence electrons. The van der Waals surface area contributed by atoms with Gasteiger partial charge in [-0.05, 0) is 32.2 Å². The lowest BCUT2D eigenvalue weighted by Crippen LogP contribution is -2.64. The van der Waals surface area contributed by atoms with Gasteiger partial charge in [0.25, 0.3) is 0 Å². The molecule has 1 heterocycles. The second kappa shape index (κ2) is 7.27. The number of hydrogen-bond donors (Lipinski definition) is 1. The molecule has 2 aliphatic rings.